The topological polar surface area (TPSA) is 58.6 Å². The van der Waals surface area contributed by atoms with Crippen LogP contribution in [0.4, 0.5) is 0 Å². The fourth-order valence-electron chi connectivity index (χ4n) is 2.08. The molecule has 5 nitrogen and oxygen atoms in total. The average Bonchev–Trinajstić information content (AvgIpc) is 2.62. The Bertz CT molecular complexity index is 802. The first-order valence-electron chi connectivity index (χ1n) is 7.55. The highest BCUT2D eigenvalue weighted by Gasteiger charge is 2.16. The van der Waals surface area contributed by atoms with Crippen molar-refractivity contribution in [3.63, 3.8) is 0 Å². The maximum atomic E-state index is 12.5. The van der Waals surface area contributed by atoms with Crippen LogP contribution in [0.25, 0.3) is 6.08 Å². The van der Waals surface area contributed by atoms with Gasteiger partial charge in [-0.25, -0.2) is 0 Å². The van der Waals surface area contributed by atoms with Gasteiger partial charge in [-0.3, -0.25) is 9.59 Å². The zero-order valence-electron chi connectivity index (χ0n) is 14.2. The second-order valence-electron chi connectivity index (χ2n) is 5.47. The predicted octanol–water partition coefficient (Wildman–Crippen LogP) is 3.32. The first-order valence-corrected chi connectivity index (χ1v) is 8.35. The molecular formula is C19H19BrN2O3. The maximum Gasteiger partial charge on any atom is 0.269 e. The molecule has 2 aromatic rings. The Balaban J connectivity index is 2.36. The van der Waals surface area contributed by atoms with Crippen LogP contribution in [0.15, 0.2) is 58.7 Å². The van der Waals surface area contributed by atoms with Crippen LogP contribution in [0.1, 0.15) is 15.9 Å². The summed E-state index contributed by atoms with van der Waals surface area (Å²) < 4.78 is 5.92. The number of benzene rings is 2. The monoisotopic (exact) mass is 402 g/mol. The SMILES string of the molecule is COc1ccc(/C=C(\NC(=O)c2ccccc2)C(=O)N(C)C)c(Br)c1. The van der Waals surface area contributed by atoms with Crippen LogP contribution in [0.5, 0.6) is 5.75 Å². The Morgan fingerprint density at radius 2 is 1.80 bits per heavy atom. The molecular weight excluding hydrogens is 384 g/mol. The Labute approximate surface area is 155 Å². The summed E-state index contributed by atoms with van der Waals surface area (Å²) >= 11 is 3.45. The Hall–Kier alpha value is -2.60. The third kappa shape index (κ3) is 4.93. The first-order chi connectivity index (χ1) is 11.9. The molecule has 0 aromatic heterocycles. The Kier molecular flexibility index (Phi) is 6.36. The van der Waals surface area contributed by atoms with E-state index in [0.717, 1.165) is 10.0 Å². The van der Waals surface area contributed by atoms with Crippen molar-refractivity contribution >= 4 is 33.8 Å². The van der Waals surface area contributed by atoms with Gasteiger partial charge in [0.15, 0.2) is 0 Å². The number of rotatable bonds is 5. The normalized spacial score (nSPS) is 11.0. The number of amides is 2. The molecule has 2 amide bonds. The van der Waals surface area contributed by atoms with E-state index in [1.807, 2.05) is 6.07 Å². The second kappa shape index (κ2) is 8.48. The molecule has 2 rings (SSSR count). The van der Waals surface area contributed by atoms with Gasteiger partial charge in [-0.15, -0.1) is 0 Å². The predicted molar refractivity (Wildman–Crippen MR) is 101 cm³/mol. The van der Waals surface area contributed by atoms with Gasteiger partial charge in [0.05, 0.1) is 7.11 Å². The van der Waals surface area contributed by atoms with Crippen LogP contribution < -0.4 is 10.1 Å². The van der Waals surface area contributed by atoms with Crippen molar-refractivity contribution < 1.29 is 14.3 Å². The Morgan fingerprint density at radius 3 is 2.36 bits per heavy atom. The van der Waals surface area contributed by atoms with Crippen molar-refractivity contribution in [3.8, 4) is 5.75 Å². The lowest BCUT2D eigenvalue weighted by molar-refractivity contribution is -0.124. The molecule has 0 saturated heterocycles. The number of ether oxygens (including phenoxy) is 1. The Morgan fingerprint density at radius 1 is 1.12 bits per heavy atom. The summed E-state index contributed by atoms with van der Waals surface area (Å²) in [6.45, 7) is 0. The molecule has 130 valence electrons. The van der Waals surface area contributed by atoms with Crippen LogP contribution >= 0.6 is 15.9 Å². The fraction of sp³-hybridized carbons (Fsp3) is 0.158. The first kappa shape index (κ1) is 18.7. The molecule has 25 heavy (non-hydrogen) atoms. The number of methoxy groups -OCH3 is 1. The molecule has 2 aromatic carbocycles. The standard InChI is InChI=1S/C19H19BrN2O3/c1-22(2)19(24)17(21-18(23)13-7-5-4-6-8-13)11-14-9-10-15(25-3)12-16(14)20/h4-12H,1-3H3,(H,21,23)/b17-11-. The van der Waals surface area contributed by atoms with Gasteiger partial charge in [0.25, 0.3) is 11.8 Å². The third-order valence-corrected chi connectivity index (χ3v) is 4.11. The maximum absolute atomic E-state index is 12.5. The number of halogens is 1. The van der Waals surface area contributed by atoms with Gasteiger partial charge in [0.2, 0.25) is 0 Å². The van der Waals surface area contributed by atoms with Crippen molar-refractivity contribution in [3.05, 3.63) is 69.8 Å². The number of nitrogens with zero attached hydrogens (tertiary/aromatic N) is 1. The van der Waals surface area contributed by atoms with Gasteiger partial charge in [-0.05, 0) is 35.9 Å². The number of likely N-dealkylation sites (N-methyl/N-ethyl adjacent to an activating group) is 1. The van der Waals surface area contributed by atoms with E-state index in [1.54, 1.807) is 69.7 Å². The summed E-state index contributed by atoms with van der Waals surface area (Å²) in [5, 5.41) is 2.70. The molecule has 1 N–H and O–H groups in total. The highest BCUT2D eigenvalue weighted by Crippen LogP contribution is 2.25. The summed E-state index contributed by atoms with van der Waals surface area (Å²) in [5.41, 5.74) is 1.41. The van der Waals surface area contributed by atoms with E-state index >= 15 is 0 Å². The van der Waals surface area contributed by atoms with E-state index in [2.05, 4.69) is 21.2 Å². The lowest BCUT2D eigenvalue weighted by Crippen LogP contribution is -2.34. The minimum absolute atomic E-state index is 0.185. The highest BCUT2D eigenvalue weighted by molar-refractivity contribution is 9.10. The number of nitrogens with one attached hydrogen (secondary N) is 1. The van der Waals surface area contributed by atoms with Crippen LogP contribution in [0, 0.1) is 0 Å². The second-order valence-corrected chi connectivity index (χ2v) is 6.32. The van der Waals surface area contributed by atoms with Gasteiger partial charge < -0.3 is 15.0 Å². The summed E-state index contributed by atoms with van der Waals surface area (Å²) in [5.74, 6) is 0.0523. The molecule has 0 bridgehead atoms. The van der Waals surface area contributed by atoms with Gasteiger partial charge in [0.1, 0.15) is 11.4 Å². The summed E-state index contributed by atoms with van der Waals surface area (Å²) in [7, 11) is 4.85. The van der Waals surface area contributed by atoms with Crippen molar-refractivity contribution in [2.24, 2.45) is 0 Å². The van der Waals surface area contributed by atoms with Crippen molar-refractivity contribution in [1.82, 2.24) is 10.2 Å². The minimum Gasteiger partial charge on any atom is -0.497 e. The van der Waals surface area contributed by atoms with Gasteiger partial charge >= 0.3 is 0 Å². The number of carbonyl (C=O) groups excluding carboxylic acids is 2. The molecule has 0 aliphatic rings. The molecule has 0 unspecified atom stereocenters. The van der Waals surface area contributed by atoms with Crippen molar-refractivity contribution in [2.45, 2.75) is 0 Å². The highest BCUT2D eigenvalue weighted by atomic mass is 79.9. The van der Waals surface area contributed by atoms with Crippen LogP contribution in [-0.2, 0) is 4.79 Å². The molecule has 0 radical (unpaired) electrons. The van der Waals surface area contributed by atoms with E-state index in [4.69, 9.17) is 4.74 Å². The summed E-state index contributed by atoms with van der Waals surface area (Å²) in [6.07, 6.45) is 1.63. The van der Waals surface area contributed by atoms with E-state index in [9.17, 15) is 9.59 Å². The number of carbonyl (C=O) groups is 2. The van der Waals surface area contributed by atoms with Crippen LogP contribution in [0.3, 0.4) is 0 Å². The zero-order valence-corrected chi connectivity index (χ0v) is 15.8. The lowest BCUT2D eigenvalue weighted by Gasteiger charge is -2.15. The molecule has 0 spiro atoms. The number of hydrogen-bond acceptors (Lipinski definition) is 3. The average molecular weight is 403 g/mol. The molecule has 0 heterocycles. The molecule has 0 saturated carbocycles. The molecule has 0 aliphatic heterocycles. The molecule has 0 aliphatic carbocycles. The summed E-state index contributed by atoms with van der Waals surface area (Å²) in [4.78, 5) is 26.3. The van der Waals surface area contributed by atoms with E-state index < -0.39 is 0 Å². The quantitative estimate of drug-likeness (QED) is 0.780. The lowest BCUT2D eigenvalue weighted by atomic mass is 10.1. The van der Waals surface area contributed by atoms with Gasteiger partial charge in [0, 0.05) is 24.1 Å². The van der Waals surface area contributed by atoms with E-state index in [-0.39, 0.29) is 17.5 Å². The molecule has 0 atom stereocenters. The minimum atomic E-state index is -0.341. The van der Waals surface area contributed by atoms with Gasteiger partial charge in [-0.1, -0.05) is 40.2 Å². The van der Waals surface area contributed by atoms with E-state index in [1.165, 1.54) is 4.90 Å². The smallest absolute Gasteiger partial charge is 0.269 e. The van der Waals surface area contributed by atoms with E-state index in [0.29, 0.717) is 11.3 Å². The molecule has 0 fully saturated rings. The zero-order chi connectivity index (χ0) is 18.4. The fourth-order valence-corrected chi connectivity index (χ4v) is 2.56. The van der Waals surface area contributed by atoms with Crippen molar-refractivity contribution in [1.29, 1.82) is 0 Å². The largest absolute Gasteiger partial charge is 0.497 e. The van der Waals surface area contributed by atoms with Crippen LogP contribution in [-0.4, -0.2) is 37.9 Å². The van der Waals surface area contributed by atoms with Crippen molar-refractivity contribution in [2.75, 3.05) is 21.2 Å². The molecule has 6 heteroatoms. The van der Waals surface area contributed by atoms with Crippen LogP contribution in [0.2, 0.25) is 0 Å². The number of hydrogen-bond donors (Lipinski definition) is 1. The van der Waals surface area contributed by atoms with Gasteiger partial charge in [-0.2, -0.15) is 0 Å². The summed E-state index contributed by atoms with van der Waals surface area (Å²) in [6, 6.07) is 14.1. The third-order valence-electron chi connectivity index (χ3n) is 3.43.